The fourth-order valence-corrected chi connectivity index (χ4v) is 3.42. The van der Waals surface area contributed by atoms with Crippen molar-refractivity contribution in [3.8, 4) is 0 Å². The zero-order chi connectivity index (χ0) is 19.3. The summed E-state index contributed by atoms with van der Waals surface area (Å²) in [6.07, 6.45) is 4.23. The van der Waals surface area contributed by atoms with Gasteiger partial charge < -0.3 is 15.5 Å². The van der Waals surface area contributed by atoms with Crippen LogP contribution in [0, 0.1) is 6.92 Å². The smallest absolute Gasteiger partial charge is 0.274 e. The second-order valence-corrected chi connectivity index (χ2v) is 7.12. The van der Waals surface area contributed by atoms with Crippen molar-refractivity contribution in [1.29, 1.82) is 0 Å². The average Bonchev–Trinajstić information content (AvgIpc) is 3.24. The maximum absolute atomic E-state index is 12.4. The molecule has 1 aliphatic rings. The Hall–Kier alpha value is -3.34. The molecule has 0 aliphatic carbocycles. The first-order valence-electron chi connectivity index (χ1n) is 9.63. The molecule has 28 heavy (non-hydrogen) atoms. The molecule has 5 heteroatoms. The Morgan fingerprint density at radius 3 is 2.36 bits per heavy atom. The predicted molar refractivity (Wildman–Crippen MR) is 115 cm³/mol. The molecule has 1 aromatic heterocycles. The lowest BCUT2D eigenvalue weighted by atomic mass is 10.2. The molecule has 0 bridgehead atoms. The number of aryl methyl sites for hydroxylation is 1. The predicted octanol–water partition coefficient (Wildman–Crippen LogP) is 4.99. The van der Waals surface area contributed by atoms with Crippen LogP contribution < -0.4 is 15.5 Å². The van der Waals surface area contributed by atoms with Crippen molar-refractivity contribution in [2.75, 3.05) is 28.6 Å². The summed E-state index contributed by atoms with van der Waals surface area (Å²) in [6, 6.07) is 19.7. The Balaban J connectivity index is 1.38. The number of amides is 1. The molecule has 0 radical (unpaired) electrons. The van der Waals surface area contributed by atoms with E-state index in [-0.39, 0.29) is 5.91 Å². The molecule has 1 saturated heterocycles. The summed E-state index contributed by atoms with van der Waals surface area (Å²) in [5, 5.41) is 6.21. The molecule has 2 aromatic carbocycles. The van der Waals surface area contributed by atoms with Gasteiger partial charge in [0.05, 0.1) is 11.9 Å². The summed E-state index contributed by atoms with van der Waals surface area (Å²) in [5.41, 5.74) is 5.37. The van der Waals surface area contributed by atoms with Gasteiger partial charge in [-0.1, -0.05) is 12.1 Å². The average molecular weight is 372 g/mol. The number of aromatic nitrogens is 1. The van der Waals surface area contributed by atoms with Crippen molar-refractivity contribution in [2.45, 2.75) is 19.8 Å². The van der Waals surface area contributed by atoms with Gasteiger partial charge in [-0.2, -0.15) is 0 Å². The summed E-state index contributed by atoms with van der Waals surface area (Å²) in [6.45, 7) is 4.28. The molecule has 0 saturated carbocycles. The number of pyridine rings is 1. The van der Waals surface area contributed by atoms with Crippen LogP contribution in [0.15, 0.2) is 66.9 Å². The summed E-state index contributed by atoms with van der Waals surface area (Å²) >= 11 is 0. The molecule has 3 aromatic rings. The van der Waals surface area contributed by atoms with E-state index in [0.717, 1.165) is 35.7 Å². The number of rotatable bonds is 5. The molecule has 1 fully saturated rings. The number of carbonyl (C=O) groups is 1. The van der Waals surface area contributed by atoms with Gasteiger partial charge in [-0.3, -0.25) is 4.79 Å². The molecule has 0 atom stereocenters. The van der Waals surface area contributed by atoms with Gasteiger partial charge >= 0.3 is 0 Å². The van der Waals surface area contributed by atoms with Crippen LogP contribution in [0.4, 0.5) is 22.7 Å². The lowest BCUT2D eigenvalue weighted by molar-refractivity contribution is 0.102. The van der Waals surface area contributed by atoms with Gasteiger partial charge in [0, 0.05) is 30.2 Å². The van der Waals surface area contributed by atoms with Gasteiger partial charge in [-0.25, -0.2) is 4.98 Å². The first-order valence-corrected chi connectivity index (χ1v) is 9.63. The minimum atomic E-state index is -0.216. The Bertz CT molecular complexity index is 945. The highest BCUT2D eigenvalue weighted by Crippen LogP contribution is 2.24. The largest absolute Gasteiger partial charge is 0.372 e. The second-order valence-electron chi connectivity index (χ2n) is 7.12. The van der Waals surface area contributed by atoms with Crippen molar-refractivity contribution in [1.82, 2.24) is 4.98 Å². The van der Waals surface area contributed by atoms with E-state index in [4.69, 9.17) is 0 Å². The van der Waals surface area contributed by atoms with Crippen molar-refractivity contribution in [2.24, 2.45) is 0 Å². The normalized spacial score (nSPS) is 13.4. The molecule has 142 valence electrons. The van der Waals surface area contributed by atoms with Gasteiger partial charge in [0.1, 0.15) is 5.69 Å². The second kappa shape index (κ2) is 8.13. The van der Waals surface area contributed by atoms with Gasteiger partial charge in [0.15, 0.2) is 0 Å². The van der Waals surface area contributed by atoms with E-state index in [2.05, 4.69) is 44.8 Å². The maximum Gasteiger partial charge on any atom is 0.274 e. The molecular weight excluding hydrogens is 348 g/mol. The van der Waals surface area contributed by atoms with Gasteiger partial charge in [0.2, 0.25) is 0 Å². The van der Waals surface area contributed by atoms with Crippen LogP contribution in [0.5, 0.6) is 0 Å². The van der Waals surface area contributed by atoms with E-state index in [1.54, 1.807) is 12.3 Å². The standard InChI is InChI=1S/C23H24N4O/c1-17-5-4-6-19(15-17)26-23(28)22-12-9-20(16-24-22)25-18-7-10-21(11-8-18)27-13-2-3-14-27/h4-12,15-16,25H,2-3,13-14H2,1H3,(H,26,28). The topological polar surface area (TPSA) is 57.3 Å². The molecule has 1 amide bonds. The van der Waals surface area contributed by atoms with Crippen molar-refractivity contribution in [3.05, 3.63) is 78.1 Å². The van der Waals surface area contributed by atoms with E-state index in [9.17, 15) is 4.79 Å². The number of nitrogens with zero attached hydrogens (tertiary/aromatic N) is 2. The zero-order valence-electron chi connectivity index (χ0n) is 16.0. The Labute approximate surface area is 165 Å². The number of benzene rings is 2. The van der Waals surface area contributed by atoms with Gasteiger partial charge in [0.25, 0.3) is 5.91 Å². The van der Waals surface area contributed by atoms with Gasteiger partial charge in [-0.05, 0) is 73.9 Å². The van der Waals surface area contributed by atoms with E-state index in [0.29, 0.717) is 5.69 Å². The summed E-state index contributed by atoms with van der Waals surface area (Å²) in [7, 11) is 0. The highest BCUT2D eigenvalue weighted by Gasteiger charge is 2.12. The molecule has 1 aliphatic heterocycles. The number of carbonyl (C=O) groups excluding carboxylic acids is 1. The Kier molecular flexibility index (Phi) is 5.24. The number of hydrogen-bond acceptors (Lipinski definition) is 4. The molecule has 5 nitrogen and oxygen atoms in total. The van der Waals surface area contributed by atoms with Gasteiger partial charge in [-0.15, -0.1) is 0 Å². The molecule has 2 N–H and O–H groups in total. The Morgan fingerprint density at radius 1 is 0.929 bits per heavy atom. The fraction of sp³-hybridized carbons (Fsp3) is 0.217. The highest BCUT2D eigenvalue weighted by atomic mass is 16.1. The summed E-state index contributed by atoms with van der Waals surface area (Å²) in [5.74, 6) is -0.216. The molecule has 4 rings (SSSR count). The first kappa shape index (κ1) is 18.0. The van der Waals surface area contributed by atoms with Crippen LogP contribution in [0.1, 0.15) is 28.9 Å². The third-order valence-electron chi connectivity index (χ3n) is 4.90. The number of nitrogens with one attached hydrogen (secondary N) is 2. The van der Waals surface area contributed by atoms with Crippen LogP contribution in [0.2, 0.25) is 0 Å². The lowest BCUT2D eigenvalue weighted by Crippen LogP contribution is -2.17. The quantitative estimate of drug-likeness (QED) is 0.663. The van der Waals surface area contributed by atoms with E-state index < -0.39 is 0 Å². The fourth-order valence-electron chi connectivity index (χ4n) is 3.42. The highest BCUT2D eigenvalue weighted by molar-refractivity contribution is 6.03. The third kappa shape index (κ3) is 4.31. The summed E-state index contributed by atoms with van der Waals surface area (Å²) in [4.78, 5) is 19.1. The van der Waals surface area contributed by atoms with E-state index in [1.807, 2.05) is 37.3 Å². The monoisotopic (exact) mass is 372 g/mol. The molecule has 0 spiro atoms. The first-order chi connectivity index (χ1) is 13.7. The number of anilines is 4. The van der Waals surface area contributed by atoms with Crippen LogP contribution in [0.25, 0.3) is 0 Å². The third-order valence-corrected chi connectivity index (χ3v) is 4.90. The molecule has 2 heterocycles. The maximum atomic E-state index is 12.4. The molecule has 0 unspecified atom stereocenters. The lowest BCUT2D eigenvalue weighted by Gasteiger charge is -2.18. The van der Waals surface area contributed by atoms with Crippen LogP contribution in [0.3, 0.4) is 0 Å². The zero-order valence-corrected chi connectivity index (χ0v) is 16.0. The van der Waals surface area contributed by atoms with Crippen LogP contribution in [-0.4, -0.2) is 24.0 Å². The minimum absolute atomic E-state index is 0.216. The van der Waals surface area contributed by atoms with Crippen molar-refractivity contribution in [3.63, 3.8) is 0 Å². The van der Waals surface area contributed by atoms with E-state index >= 15 is 0 Å². The van der Waals surface area contributed by atoms with Crippen LogP contribution in [-0.2, 0) is 0 Å². The summed E-state index contributed by atoms with van der Waals surface area (Å²) < 4.78 is 0. The van der Waals surface area contributed by atoms with Crippen molar-refractivity contribution < 1.29 is 4.79 Å². The number of hydrogen-bond donors (Lipinski definition) is 2. The van der Waals surface area contributed by atoms with Crippen LogP contribution >= 0.6 is 0 Å². The molecular formula is C23H24N4O. The SMILES string of the molecule is Cc1cccc(NC(=O)c2ccc(Nc3ccc(N4CCCC4)cc3)cn2)c1. The van der Waals surface area contributed by atoms with Crippen molar-refractivity contribution >= 4 is 28.7 Å². The van der Waals surface area contributed by atoms with E-state index in [1.165, 1.54) is 18.5 Å². The minimum Gasteiger partial charge on any atom is -0.372 e. The Morgan fingerprint density at radius 2 is 1.68 bits per heavy atom.